The molecule has 1 saturated carbocycles. The van der Waals surface area contributed by atoms with Crippen molar-refractivity contribution in [1.82, 2.24) is 10.6 Å². The molecule has 0 bridgehead atoms. The van der Waals surface area contributed by atoms with Gasteiger partial charge in [-0.15, -0.1) is 0 Å². The van der Waals surface area contributed by atoms with E-state index in [4.69, 9.17) is 0 Å². The molecule has 1 aromatic carbocycles. The van der Waals surface area contributed by atoms with Gasteiger partial charge >= 0.3 is 0 Å². The lowest BCUT2D eigenvalue weighted by Crippen LogP contribution is -2.28. The highest BCUT2D eigenvalue weighted by Crippen LogP contribution is 2.19. The van der Waals surface area contributed by atoms with Crippen LogP contribution in [0.3, 0.4) is 0 Å². The summed E-state index contributed by atoms with van der Waals surface area (Å²) in [6.45, 7) is 9.83. The molecule has 0 spiro atoms. The molecule has 2 heteroatoms. The van der Waals surface area contributed by atoms with E-state index in [1.165, 1.54) is 29.5 Å². The number of hydrogen-bond acceptors (Lipinski definition) is 2. The second-order valence-electron chi connectivity index (χ2n) is 5.75. The van der Waals surface area contributed by atoms with Crippen LogP contribution in [0.4, 0.5) is 0 Å². The van der Waals surface area contributed by atoms with Crippen molar-refractivity contribution in [2.24, 2.45) is 0 Å². The average Bonchev–Trinajstić information content (AvgIpc) is 3.14. The lowest BCUT2D eigenvalue weighted by atomic mass is 9.98. The maximum atomic E-state index is 3.53. The van der Waals surface area contributed by atoms with E-state index in [-0.39, 0.29) is 0 Å². The first kappa shape index (κ1) is 13.6. The minimum absolute atomic E-state index is 0.612. The van der Waals surface area contributed by atoms with Gasteiger partial charge in [0.25, 0.3) is 0 Å². The summed E-state index contributed by atoms with van der Waals surface area (Å²) in [5.41, 5.74) is 4.27. The Morgan fingerprint density at radius 1 is 1.22 bits per heavy atom. The summed E-state index contributed by atoms with van der Waals surface area (Å²) in [7, 11) is 0. The van der Waals surface area contributed by atoms with Gasteiger partial charge in [0.2, 0.25) is 0 Å². The lowest BCUT2D eigenvalue weighted by molar-refractivity contribution is 0.607. The van der Waals surface area contributed by atoms with E-state index in [0.717, 1.165) is 25.7 Å². The standard InChI is InChI=1S/C16H26N2/c1-12(2)14-5-4-13(3)15(10-14)11-17-8-9-18-16-6-7-16/h4-5,10,12,16-18H,6-9,11H2,1-3H3. The molecule has 0 aliphatic heterocycles. The summed E-state index contributed by atoms with van der Waals surface area (Å²) in [4.78, 5) is 0. The Hall–Kier alpha value is -0.860. The summed E-state index contributed by atoms with van der Waals surface area (Å²) < 4.78 is 0. The van der Waals surface area contributed by atoms with Crippen molar-refractivity contribution < 1.29 is 0 Å². The Morgan fingerprint density at radius 3 is 2.67 bits per heavy atom. The molecule has 18 heavy (non-hydrogen) atoms. The predicted octanol–water partition coefficient (Wildman–Crippen LogP) is 2.96. The molecule has 2 rings (SSSR count). The Bertz CT molecular complexity index is 381. The van der Waals surface area contributed by atoms with Crippen LogP contribution in [0.25, 0.3) is 0 Å². The quantitative estimate of drug-likeness (QED) is 0.723. The first-order valence-corrected chi connectivity index (χ1v) is 7.20. The maximum absolute atomic E-state index is 3.53. The number of benzene rings is 1. The van der Waals surface area contributed by atoms with E-state index in [1.807, 2.05) is 0 Å². The zero-order valence-electron chi connectivity index (χ0n) is 11.9. The van der Waals surface area contributed by atoms with Crippen LogP contribution in [0.5, 0.6) is 0 Å². The number of aryl methyl sites for hydroxylation is 1. The van der Waals surface area contributed by atoms with Crippen molar-refractivity contribution in [3.63, 3.8) is 0 Å². The normalized spacial score (nSPS) is 15.3. The van der Waals surface area contributed by atoms with Gasteiger partial charge in [0.05, 0.1) is 0 Å². The summed E-state index contributed by atoms with van der Waals surface area (Å²) >= 11 is 0. The number of rotatable bonds is 7. The van der Waals surface area contributed by atoms with Gasteiger partial charge in [-0.3, -0.25) is 0 Å². The fraction of sp³-hybridized carbons (Fsp3) is 0.625. The Morgan fingerprint density at radius 2 is 2.00 bits per heavy atom. The highest BCUT2D eigenvalue weighted by atomic mass is 15.0. The molecule has 1 aromatic rings. The number of hydrogen-bond donors (Lipinski definition) is 2. The molecule has 0 aromatic heterocycles. The third-order valence-corrected chi connectivity index (χ3v) is 3.67. The van der Waals surface area contributed by atoms with Crippen molar-refractivity contribution in [2.45, 2.75) is 52.1 Å². The van der Waals surface area contributed by atoms with Crippen LogP contribution < -0.4 is 10.6 Å². The first-order chi connectivity index (χ1) is 8.66. The molecule has 0 unspecified atom stereocenters. The molecule has 1 aliphatic carbocycles. The fourth-order valence-corrected chi connectivity index (χ4v) is 2.12. The van der Waals surface area contributed by atoms with E-state index in [9.17, 15) is 0 Å². The van der Waals surface area contributed by atoms with Gasteiger partial charge < -0.3 is 10.6 Å². The van der Waals surface area contributed by atoms with Crippen LogP contribution in [0, 0.1) is 6.92 Å². The summed E-state index contributed by atoms with van der Waals surface area (Å²) in [6, 6.07) is 7.66. The lowest BCUT2D eigenvalue weighted by Gasteiger charge is -2.12. The van der Waals surface area contributed by atoms with Gasteiger partial charge in [-0.25, -0.2) is 0 Å². The minimum Gasteiger partial charge on any atom is -0.313 e. The van der Waals surface area contributed by atoms with E-state index in [2.05, 4.69) is 49.6 Å². The second-order valence-corrected chi connectivity index (χ2v) is 5.75. The molecule has 1 aliphatic rings. The first-order valence-electron chi connectivity index (χ1n) is 7.20. The van der Waals surface area contributed by atoms with Crippen LogP contribution in [0.15, 0.2) is 18.2 Å². The van der Waals surface area contributed by atoms with Crippen molar-refractivity contribution >= 4 is 0 Å². The van der Waals surface area contributed by atoms with E-state index in [0.29, 0.717) is 5.92 Å². The Balaban J connectivity index is 1.77. The average molecular weight is 246 g/mol. The molecule has 1 fully saturated rings. The second kappa shape index (κ2) is 6.35. The fourth-order valence-electron chi connectivity index (χ4n) is 2.12. The van der Waals surface area contributed by atoms with Gasteiger partial charge in [-0.05, 0) is 42.4 Å². The van der Waals surface area contributed by atoms with Crippen LogP contribution in [0.1, 0.15) is 49.3 Å². The molecule has 0 radical (unpaired) electrons. The Labute approximate surface area is 111 Å². The SMILES string of the molecule is Cc1ccc(C(C)C)cc1CNCCNC1CC1. The molecule has 0 saturated heterocycles. The maximum Gasteiger partial charge on any atom is 0.0208 e. The number of nitrogens with one attached hydrogen (secondary N) is 2. The smallest absolute Gasteiger partial charge is 0.0208 e. The topological polar surface area (TPSA) is 24.1 Å². The highest BCUT2D eigenvalue weighted by Gasteiger charge is 2.19. The highest BCUT2D eigenvalue weighted by molar-refractivity contribution is 5.32. The minimum atomic E-state index is 0.612. The van der Waals surface area contributed by atoms with Gasteiger partial charge in [-0.1, -0.05) is 32.0 Å². The van der Waals surface area contributed by atoms with Gasteiger partial charge in [0.1, 0.15) is 0 Å². The monoisotopic (exact) mass is 246 g/mol. The molecule has 2 N–H and O–H groups in total. The van der Waals surface area contributed by atoms with Crippen LogP contribution in [-0.2, 0) is 6.54 Å². The van der Waals surface area contributed by atoms with Gasteiger partial charge in [-0.2, -0.15) is 0 Å². The largest absolute Gasteiger partial charge is 0.313 e. The van der Waals surface area contributed by atoms with Gasteiger partial charge in [0.15, 0.2) is 0 Å². The molecule has 0 atom stereocenters. The molecule has 2 nitrogen and oxygen atoms in total. The van der Waals surface area contributed by atoms with Gasteiger partial charge in [0, 0.05) is 25.7 Å². The third kappa shape index (κ3) is 4.11. The Kier molecular flexibility index (Phi) is 4.79. The molecular weight excluding hydrogens is 220 g/mol. The summed E-state index contributed by atoms with van der Waals surface area (Å²) in [6.07, 6.45) is 2.74. The summed E-state index contributed by atoms with van der Waals surface area (Å²) in [5, 5.41) is 7.05. The zero-order valence-corrected chi connectivity index (χ0v) is 11.9. The van der Waals surface area contributed by atoms with E-state index >= 15 is 0 Å². The molecule has 0 heterocycles. The van der Waals surface area contributed by atoms with Crippen molar-refractivity contribution in [2.75, 3.05) is 13.1 Å². The van der Waals surface area contributed by atoms with Crippen LogP contribution in [-0.4, -0.2) is 19.1 Å². The van der Waals surface area contributed by atoms with E-state index in [1.54, 1.807) is 0 Å². The third-order valence-electron chi connectivity index (χ3n) is 3.67. The predicted molar refractivity (Wildman–Crippen MR) is 78.0 cm³/mol. The zero-order chi connectivity index (χ0) is 13.0. The van der Waals surface area contributed by atoms with E-state index < -0.39 is 0 Å². The molecule has 100 valence electrons. The summed E-state index contributed by atoms with van der Waals surface area (Å²) in [5.74, 6) is 0.612. The van der Waals surface area contributed by atoms with Crippen molar-refractivity contribution in [3.05, 3.63) is 34.9 Å². The van der Waals surface area contributed by atoms with Crippen LogP contribution in [0.2, 0.25) is 0 Å². The van der Waals surface area contributed by atoms with Crippen molar-refractivity contribution in [1.29, 1.82) is 0 Å². The van der Waals surface area contributed by atoms with Crippen LogP contribution >= 0.6 is 0 Å². The molecular formula is C16H26N2. The molecule has 0 amide bonds. The van der Waals surface area contributed by atoms with Crippen molar-refractivity contribution in [3.8, 4) is 0 Å².